The maximum Gasteiger partial charge on any atom is 0.326 e. The smallest absolute Gasteiger partial charge is 0.326 e. The number of amides is 2. The van der Waals surface area contributed by atoms with E-state index in [1.165, 1.54) is 11.8 Å². The van der Waals surface area contributed by atoms with Crippen molar-refractivity contribution in [3.63, 3.8) is 0 Å². The molecule has 2 unspecified atom stereocenters. The molecule has 0 aliphatic rings. The summed E-state index contributed by atoms with van der Waals surface area (Å²) in [7, 11) is 0. The van der Waals surface area contributed by atoms with Crippen LogP contribution in [0.3, 0.4) is 0 Å². The number of hydrogen-bond acceptors (Lipinski definition) is 5. The fourth-order valence-corrected chi connectivity index (χ4v) is 2.32. The first-order chi connectivity index (χ1) is 9.06. The highest BCUT2D eigenvalue weighted by molar-refractivity contribution is 7.98. The largest absolute Gasteiger partial charge is 0.480 e. The normalized spacial score (nSPS) is 13.4. The topological polar surface area (TPSA) is 95.5 Å². The second-order valence-corrected chi connectivity index (χ2v) is 5.77. The van der Waals surface area contributed by atoms with Crippen molar-refractivity contribution in [1.82, 2.24) is 10.6 Å². The SMILES string of the molecule is CSCCC(NC(=O)C(CCSC)NC=O)C(=O)O. The van der Waals surface area contributed by atoms with Crippen LogP contribution in [0.15, 0.2) is 0 Å². The molecule has 0 aromatic carbocycles. The second-order valence-electron chi connectivity index (χ2n) is 3.80. The second kappa shape index (κ2) is 11.0. The van der Waals surface area contributed by atoms with Crippen molar-refractivity contribution in [1.29, 1.82) is 0 Å². The third-order valence-corrected chi connectivity index (χ3v) is 3.71. The molecule has 0 rings (SSSR count). The molecule has 0 aliphatic carbocycles. The van der Waals surface area contributed by atoms with Gasteiger partial charge in [-0.15, -0.1) is 0 Å². The van der Waals surface area contributed by atoms with Gasteiger partial charge < -0.3 is 15.7 Å². The first-order valence-corrected chi connectivity index (χ1v) is 8.56. The van der Waals surface area contributed by atoms with E-state index in [0.29, 0.717) is 30.8 Å². The van der Waals surface area contributed by atoms with E-state index in [4.69, 9.17) is 5.11 Å². The number of hydrogen-bond donors (Lipinski definition) is 3. The number of carboxylic acids is 1. The molecule has 0 aromatic heterocycles. The summed E-state index contributed by atoms with van der Waals surface area (Å²) < 4.78 is 0. The Hall–Kier alpha value is -0.890. The van der Waals surface area contributed by atoms with Crippen LogP contribution in [0.4, 0.5) is 0 Å². The van der Waals surface area contributed by atoms with Gasteiger partial charge in [-0.05, 0) is 36.9 Å². The zero-order chi connectivity index (χ0) is 14.7. The van der Waals surface area contributed by atoms with Crippen LogP contribution in [-0.4, -0.2) is 59.5 Å². The Labute approximate surface area is 121 Å². The van der Waals surface area contributed by atoms with Gasteiger partial charge in [0.05, 0.1) is 0 Å². The first-order valence-electron chi connectivity index (χ1n) is 5.77. The average Bonchev–Trinajstić information content (AvgIpc) is 2.38. The summed E-state index contributed by atoms with van der Waals surface area (Å²) >= 11 is 3.07. The summed E-state index contributed by atoms with van der Waals surface area (Å²) in [5.74, 6) is -0.151. The molecule has 0 aliphatic heterocycles. The molecule has 0 saturated heterocycles. The predicted octanol–water partition coefficient (Wildman–Crippen LogP) is 0.177. The Bertz CT molecular complexity index is 302. The first kappa shape index (κ1) is 18.1. The van der Waals surface area contributed by atoms with Crippen molar-refractivity contribution < 1.29 is 19.5 Å². The van der Waals surface area contributed by atoms with Crippen LogP contribution < -0.4 is 10.6 Å². The molecule has 0 aromatic rings. The van der Waals surface area contributed by atoms with E-state index in [2.05, 4.69) is 10.6 Å². The zero-order valence-electron chi connectivity index (χ0n) is 11.0. The van der Waals surface area contributed by atoms with Gasteiger partial charge in [0, 0.05) is 0 Å². The average molecular weight is 308 g/mol. The minimum atomic E-state index is -1.06. The molecular formula is C11H20N2O4S2. The summed E-state index contributed by atoms with van der Waals surface area (Å²) in [5, 5.41) is 13.9. The van der Waals surface area contributed by atoms with Crippen molar-refractivity contribution >= 4 is 41.8 Å². The molecule has 0 spiro atoms. The Morgan fingerprint density at radius 1 is 1.16 bits per heavy atom. The third kappa shape index (κ3) is 7.99. The highest BCUT2D eigenvalue weighted by Gasteiger charge is 2.24. The van der Waals surface area contributed by atoms with Gasteiger partial charge in [0.15, 0.2) is 0 Å². The highest BCUT2D eigenvalue weighted by Crippen LogP contribution is 2.04. The number of nitrogens with one attached hydrogen (secondary N) is 2. The molecule has 0 bridgehead atoms. The molecule has 0 fully saturated rings. The number of carbonyl (C=O) groups is 3. The molecule has 2 atom stereocenters. The lowest BCUT2D eigenvalue weighted by Crippen LogP contribution is -2.50. The van der Waals surface area contributed by atoms with Crippen LogP contribution in [0, 0.1) is 0 Å². The highest BCUT2D eigenvalue weighted by atomic mass is 32.2. The lowest BCUT2D eigenvalue weighted by molar-refractivity contribution is -0.142. The van der Waals surface area contributed by atoms with E-state index in [0.717, 1.165) is 0 Å². The summed E-state index contributed by atoms with van der Waals surface area (Å²) in [6.45, 7) is 0. The Kier molecular flexibility index (Phi) is 10.5. The molecule has 6 nitrogen and oxygen atoms in total. The van der Waals surface area contributed by atoms with E-state index in [9.17, 15) is 14.4 Å². The van der Waals surface area contributed by atoms with Gasteiger partial charge in [-0.25, -0.2) is 4.79 Å². The lowest BCUT2D eigenvalue weighted by Gasteiger charge is -2.19. The van der Waals surface area contributed by atoms with Crippen molar-refractivity contribution in [2.75, 3.05) is 24.0 Å². The number of rotatable bonds is 11. The van der Waals surface area contributed by atoms with Crippen molar-refractivity contribution in [2.24, 2.45) is 0 Å². The third-order valence-electron chi connectivity index (χ3n) is 2.42. The van der Waals surface area contributed by atoms with E-state index in [1.807, 2.05) is 12.5 Å². The van der Waals surface area contributed by atoms with Gasteiger partial charge in [0.1, 0.15) is 12.1 Å². The maximum absolute atomic E-state index is 11.9. The minimum absolute atomic E-state index is 0.360. The predicted molar refractivity (Wildman–Crippen MR) is 78.6 cm³/mol. The molecular weight excluding hydrogens is 288 g/mol. The van der Waals surface area contributed by atoms with Crippen LogP contribution >= 0.6 is 23.5 Å². The number of thioether (sulfide) groups is 2. The van der Waals surface area contributed by atoms with Crippen molar-refractivity contribution in [2.45, 2.75) is 24.9 Å². The summed E-state index contributed by atoms with van der Waals surface area (Å²) in [4.78, 5) is 33.4. The maximum atomic E-state index is 11.9. The Morgan fingerprint density at radius 3 is 2.11 bits per heavy atom. The summed E-state index contributed by atoms with van der Waals surface area (Å²) in [6.07, 6.45) is 5.06. The van der Waals surface area contributed by atoms with Gasteiger partial charge in [0.2, 0.25) is 12.3 Å². The summed E-state index contributed by atoms with van der Waals surface area (Å²) in [6, 6.07) is -1.59. The molecule has 0 radical (unpaired) electrons. The molecule has 3 N–H and O–H groups in total. The van der Waals surface area contributed by atoms with Gasteiger partial charge in [-0.2, -0.15) is 23.5 Å². The Balaban J connectivity index is 4.46. The van der Waals surface area contributed by atoms with E-state index in [-0.39, 0.29) is 0 Å². The van der Waals surface area contributed by atoms with Crippen molar-refractivity contribution in [3.8, 4) is 0 Å². The molecule has 19 heavy (non-hydrogen) atoms. The Morgan fingerprint density at radius 2 is 1.68 bits per heavy atom. The van der Waals surface area contributed by atoms with Crippen molar-refractivity contribution in [3.05, 3.63) is 0 Å². The quantitative estimate of drug-likeness (QED) is 0.471. The summed E-state index contributed by atoms with van der Waals surface area (Å²) in [5.41, 5.74) is 0. The molecule has 0 heterocycles. The van der Waals surface area contributed by atoms with E-state index < -0.39 is 24.0 Å². The van der Waals surface area contributed by atoms with Gasteiger partial charge in [-0.3, -0.25) is 9.59 Å². The zero-order valence-corrected chi connectivity index (χ0v) is 12.7. The fourth-order valence-electron chi connectivity index (χ4n) is 1.37. The minimum Gasteiger partial charge on any atom is -0.480 e. The molecule has 8 heteroatoms. The number of carboxylic acid groups (broad SMARTS) is 1. The van der Waals surface area contributed by atoms with Gasteiger partial charge >= 0.3 is 5.97 Å². The standard InChI is InChI=1S/C11H20N2O4S2/c1-18-5-3-8(12-7-14)10(15)13-9(11(16)17)4-6-19-2/h7-9H,3-6H2,1-2H3,(H,12,14)(H,13,15)(H,16,17). The van der Waals surface area contributed by atoms with Gasteiger partial charge in [0.25, 0.3) is 0 Å². The molecule has 110 valence electrons. The fraction of sp³-hybridized carbons (Fsp3) is 0.727. The molecule has 2 amide bonds. The number of aliphatic carboxylic acids is 1. The van der Waals surface area contributed by atoms with Gasteiger partial charge in [-0.1, -0.05) is 0 Å². The van der Waals surface area contributed by atoms with Crippen LogP contribution in [-0.2, 0) is 14.4 Å². The van der Waals surface area contributed by atoms with Crippen LogP contribution in [0.25, 0.3) is 0 Å². The lowest BCUT2D eigenvalue weighted by atomic mass is 10.1. The molecule has 0 saturated carbocycles. The van der Waals surface area contributed by atoms with E-state index >= 15 is 0 Å². The van der Waals surface area contributed by atoms with Crippen LogP contribution in [0.5, 0.6) is 0 Å². The number of carbonyl (C=O) groups excluding carboxylic acids is 2. The monoisotopic (exact) mass is 308 g/mol. The van der Waals surface area contributed by atoms with E-state index in [1.54, 1.807) is 11.8 Å². The van der Waals surface area contributed by atoms with Crippen LogP contribution in [0.2, 0.25) is 0 Å². The van der Waals surface area contributed by atoms with Crippen LogP contribution in [0.1, 0.15) is 12.8 Å².